The van der Waals surface area contributed by atoms with Gasteiger partial charge in [0, 0.05) is 0 Å². The van der Waals surface area contributed by atoms with Crippen molar-refractivity contribution >= 4 is 0 Å². The Hall–Kier alpha value is 0. The zero-order chi connectivity index (χ0) is 11.1. The van der Waals surface area contributed by atoms with E-state index in [0.717, 1.165) is 23.7 Å². The smallest absolute Gasteiger partial charge is 0.0264 e. The van der Waals surface area contributed by atoms with Crippen molar-refractivity contribution in [2.45, 2.75) is 66.2 Å². The fraction of sp³-hybridized carbons (Fsp3) is 1.00. The van der Waals surface area contributed by atoms with Crippen LogP contribution in [0.3, 0.4) is 0 Å². The van der Waals surface area contributed by atoms with Gasteiger partial charge in [0.1, 0.15) is 0 Å². The molecule has 2 fully saturated rings. The van der Waals surface area contributed by atoms with Crippen LogP contribution in [0.2, 0.25) is 0 Å². The predicted molar refractivity (Wildman–Crippen MR) is 66.8 cm³/mol. The van der Waals surface area contributed by atoms with Crippen molar-refractivity contribution in [2.75, 3.05) is 0 Å². The first-order valence-electron chi connectivity index (χ1n) is 7.11. The molecule has 0 saturated heterocycles. The molecule has 2 saturated carbocycles. The van der Waals surface area contributed by atoms with Gasteiger partial charge in [0.2, 0.25) is 0 Å². The van der Waals surface area contributed by atoms with Gasteiger partial charge >= 0.3 is 0 Å². The van der Waals surface area contributed by atoms with Crippen LogP contribution in [0.25, 0.3) is 0 Å². The van der Waals surface area contributed by atoms with Gasteiger partial charge in [-0.15, -0.1) is 0 Å². The molecular weight excluding hydrogens is 180 g/mol. The minimum Gasteiger partial charge on any atom is -0.0654 e. The van der Waals surface area contributed by atoms with Crippen molar-refractivity contribution < 1.29 is 0 Å². The maximum absolute atomic E-state index is 2.60. The Morgan fingerprint density at radius 2 is 2.00 bits per heavy atom. The molecule has 0 heterocycles. The predicted octanol–water partition coefficient (Wildman–Crippen LogP) is 4.89. The molecule has 0 heteroatoms. The van der Waals surface area contributed by atoms with Gasteiger partial charge < -0.3 is 0 Å². The summed E-state index contributed by atoms with van der Waals surface area (Å²) in [6.45, 7) is 9.80. The third kappa shape index (κ3) is 1.97. The average molecular weight is 208 g/mol. The third-order valence-corrected chi connectivity index (χ3v) is 5.35. The molecule has 0 aromatic heterocycles. The molecule has 0 N–H and O–H groups in total. The van der Waals surface area contributed by atoms with E-state index in [0.29, 0.717) is 5.41 Å². The fourth-order valence-corrected chi connectivity index (χ4v) is 4.55. The summed E-state index contributed by atoms with van der Waals surface area (Å²) in [4.78, 5) is 0. The summed E-state index contributed by atoms with van der Waals surface area (Å²) in [5.41, 5.74) is 0.716. The summed E-state index contributed by atoms with van der Waals surface area (Å²) in [6.07, 6.45) is 8.83. The van der Waals surface area contributed by atoms with E-state index in [-0.39, 0.29) is 0 Å². The highest BCUT2D eigenvalue weighted by molar-refractivity contribution is 5.08. The van der Waals surface area contributed by atoms with Crippen molar-refractivity contribution in [1.82, 2.24) is 0 Å². The van der Waals surface area contributed by atoms with Gasteiger partial charge in [0.05, 0.1) is 0 Å². The summed E-state index contributed by atoms with van der Waals surface area (Å²) in [5, 5.41) is 0. The van der Waals surface area contributed by atoms with E-state index < -0.39 is 0 Å². The first-order chi connectivity index (χ1) is 7.11. The molecule has 88 valence electrons. The third-order valence-electron chi connectivity index (χ3n) is 5.35. The molecule has 0 radical (unpaired) electrons. The van der Waals surface area contributed by atoms with Crippen LogP contribution in [0, 0.1) is 29.1 Å². The summed E-state index contributed by atoms with van der Waals surface area (Å²) in [6, 6.07) is 0. The van der Waals surface area contributed by atoms with E-state index in [4.69, 9.17) is 0 Å². The van der Waals surface area contributed by atoms with E-state index in [1.165, 1.54) is 25.7 Å². The van der Waals surface area contributed by atoms with Gasteiger partial charge in [-0.25, -0.2) is 0 Å². The molecule has 2 aliphatic rings. The van der Waals surface area contributed by atoms with Crippen LogP contribution in [0.5, 0.6) is 0 Å². The molecular formula is C15H28. The van der Waals surface area contributed by atoms with Crippen LogP contribution >= 0.6 is 0 Å². The first kappa shape index (κ1) is 11.5. The quantitative estimate of drug-likeness (QED) is 0.604. The molecule has 0 aliphatic heterocycles. The van der Waals surface area contributed by atoms with Crippen LogP contribution in [0.4, 0.5) is 0 Å². The Balaban J connectivity index is 1.97. The molecule has 2 rings (SSSR count). The summed E-state index contributed by atoms with van der Waals surface area (Å²) < 4.78 is 0. The minimum atomic E-state index is 0.716. The SMILES string of the molecule is CCCC(C)CC1(C)C(CC)CC2CC21. The second-order valence-electron chi connectivity index (χ2n) is 6.55. The molecule has 5 atom stereocenters. The van der Waals surface area contributed by atoms with Crippen LogP contribution in [0.1, 0.15) is 66.2 Å². The second-order valence-corrected chi connectivity index (χ2v) is 6.55. The molecule has 15 heavy (non-hydrogen) atoms. The maximum Gasteiger partial charge on any atom is -0.0264 e. The Bertz CT molecular complexity index is 220. The molecule has 0 nitrogen and oxygen atoms in total. The van der Waals surface area contributed by atoms with Crippen LogP contribution in [-0.2, 0) is 0 Å². The summed E-state index contributed by atoms with van der Waals surface area (Å²) in [5.74, 6) is 4.24. The van der Waals surface area contributed by atoms with Gasteiger partial charge in [-0.1, -0.05) is 47.0 Å². The molecule has 0 spiro atoms. The molecule has 0 aromatic rings. The highest BCUT2D eigenvalue weighted by Gasteiger charge is 2.59. The fourth-order valence-electron chi connectivity index (χ4n) is 4.55. The average Bonchev–Trinajstić information content (AvgIpc) is 2.89. The van der Waals surface area contributed by atoms with E-state index in [1.807, 2.05) is 0 Å². The number of fused-ring (bicyclic) bond motifs is 1. The van der Waals surface area contributed by atoms with E-state index in [9.17, 15) is 0 Å². The zero-order valence-electron chi connectivity index (χ0n) is 11.1. The van der Waals surface area contributed by atoms with Crippen LogP contribution in [0.15, 0.2) is 0 Å². The molecule has 0 bridgehead atoms. The normalized spacial score (nSPS) is 45.2. The Morgan fingerprint density at radius 3 is 2.60 bits per heavy atom. The Kier molecular flexibility index (Phi) is 3.14. The largest absolute Gasteiger partial charge is 0.0654 e. The zero-order valence-corrected chi connectivity index (χ0v) is 11.1. The van der Waals surface area contributed by atoms with Gasteiger partial charge in [0.25, 0.3) is 0 Å². The van der Waals surface area contributed by atoms with Crippen molar-refractivity contribution in [2.24, 2.45) is 29.1 Å². The van der Waals surface area contributed by atoms with Gasteiger partial charge in [-0.2, -0.15) is 0 Å². The Labute approximate surface area is 95.8 Å². The highest BCUT2D eigenvalue weighted by Crippen LogP contribution is 2.67. The highest BCUT2D eigenvalue weighted by atomic mass is 14.6. The van der Waals surface area contributed by atoms with Crippen LogP contribution in [-0.4, -0.2) is 0 Å². The van der Waals surface area contributed by atoms with Crippen LogP contribution < -0.4 is 0 Å². The second kappa shape index (κ2) is 4.11. The van der Waals surface area contributed by atoms with Crippen molar-refractivity contribution in [3.8, 4) is 0 Å². The molecule has 2 aliphatic carbocycles. The number of rotatable bonds is 5. The first-order valence-corrected chi connectivity index (χ1v) is 7.11. The van der Waals surface area contributed by atoms with Gasteiger partial charge in [0.15, 0.2) is 0 Å². The summed E-state index contributed by atoms with van der Waals surface area (Å²) in [7, 11) is 0. The van der Waals surface area contributed by atoms with Gasteiger partial charge in [-0.3, -0.25) is 0 Å². The summed E-state index contributed by atoms with van der Waals surface area (Å²) >= 11 is 0. The molecule has 0 amide bonds. The number of hydrogen-bond acceptors (Lipinski definition) is 0. The minimum absolute atomic E-state index is 0.716. The monoisotopic (exact) mass is 208 g/mol. The van der Waals surface area contributed by atoms with E-state index in [2.05, 4.69) is 27.7 Å². The van der Waals surface area contributed by atoms with Gasteiger partial charge in [-0.05, 0) is 48.3 Å². The van der Waals surface area contributed by atoms with Crippen molar-refractivity contribution in [1.29, 1.82) is 0 Å². The standard InChI is InChI=1S/C15H28/c1-5-7-11(3)10-15(4)13(6-2)8-12-9-14(12)15/h11-14H,5-10H2,1-4H3. The lowest BCUT2D eigenvalue weighted by atomic mass is 9.69. The lowest BCUT2D eigenvalue weighted by molar-refractivity contribution is 0.133. The lowest BCUT2D eigenvalue weighted by Gasteiger charge is -2.36. The van der Waals surface area contributed by atoms with Crippen molar-refractivity contribution in [3.63, 3.8) is 0 Å². The lowest BCUT2D eigenvalue weighted by Crippen LogP contribution is -2.28. The molecule has 5 unspecified atom stereocenters. The number of hydrogen-bond donors (Lipinski definition) is 0. The molecule has 0 aromatic carbocycles. The topological polar surface area (TPSA) is 0 Å². The van der Waals surface area contributed by atoms with Crippen molar-refractivity contribution in [3.05, 3.63) is 0 Å². The van der Waals surface area contributed by atoms with E-state index >= 15 is 0 Å². The Morgan fingerprint density at radius 1 is 1.27 bits per heavy atom. The maximum atomic E-state index is 2.60. The van der Waals surface area contributed by atoms with E-state index in [1.54, 1.807) is 12.8 Å².